The van der Waals surface area contributed by atoms with Gasteiger partial charge in [-0.1, -0.05) is 26.2 Å². The number of amides is 1. The Morgan fingerprint density at radius 2 is 2.00 bits per heavy atom. The van der Waals surface area contributed by atoms with E-state index < -0.39 is 0 Å². The Balaban J connectivity index is 1.40. The number of likely N-dealkylation sites (tertiary alicyclic amines) is 1. The molecule has 2 fully saturated rings. The maximum Gasteiger partial charge on any atom is 0.225 e. The fourth-order valence-electron chi connectivity index (χ4n) is 3.75. The van der Waals surface area contributed by atoms with Crippen molar-refractivity contribution in [1.82, 2.24) is 15.2 Å². The van der Waals surface area contributed by atoms with Crippen molar-refractivity contribution in [3.8, 4) is 0 Å². The van der Waals surface area contributed by atoms with Crippen LogP contribution in [0.1, 0.15) is 61.8 Å². The zero-order chi connectivity index (χ0) is 16.1. The van der Waals surface area contributed by atoms with Crippen molar-refractivity contribution in [2.45, 2.75) is 70.9 Å². The van der Waals surface area contributed by atoms with Gasteiger partial charge in [-0.2, -0.15) is 0 Å². The van der Waals surface area contributed by atoms with Gasteiger partial charge in [0.1, 0.15) is 0 Å². The molecule has 4 nitrogen and oxygen atoms in total. The van der Waals surface area contributed by atoms with E-state index in [9.17, 15) is 4.79 Å². The number of aryl methyl sites for hydroxylation is 1. The number of hydrogen-bond acceptors (Lipinski definition) is 4. The lowest BCUT2D eigenvalue weighted by Crippen LogP contribution is -2.46. The third kappa shape index (κ3) is 4.54. The molecule has 3 rings (SSSR count). The molecule has 1 N–H and O–H groups in total. The van der Waals surface area contributed by atoms with Crippen molar-refractivity contribution < 1.29 is 4.79 Å². The molecule has 0 atom stereocenters. The van der Waals surface area contributed by atoms with Gasteiger partial charge in [0.2, 0.25) is 5.91 Å². The van der Waals surface area contributed by atoms with E-state index in [0.717, 1.165) is 51.7 Å². The molecule has 0 spiro atoms. The molecular formula is C18H29N3OS. The van der Waals surface area contributed by atoms with Crippen molar-refractivity contribution in [3.05, 3.63) is 16.1 Å². The molecule has 2 aliphatic rings. The predicted octanol–water partition coefficient (Wildman–Crippen LogP) is 3.37. The van der Waals surface area contributed by atoms with E-state index >= 15 is 0 Å². The van der Waals surface area contributed by atoms with Gasteiger partial charge in [-0.15, -0.1) is 11.3 Å². The molecule has 5 heteroatoms. The van der Waals surface area contributed by atoms with Gasteiger partial charge < -0.3 is 10.2 Å². The Kier molecular flexibility index (Phi) is 6.06. The number of carbonyl (C=O) groups is 1. The molecule has 1 saturated carbocycles. The van der Waals surface area contributed by atoms with E-state index in [1.807, 2.05) is 17.5 Å². The Bertz CT molecular complexity index is 502. The second kappa shape index (κ2) is 8.25. The fourth-order valence-corrected chi connectivity index (χ4v) is 4.56. The van der Waals surface area contributed by atoms with E-state index in [4.69, 9.17) is 0 Å². The SMILES string of the molecule is CCc1ncc(CNC2CCN(C(=O)C3CCCCC3)CC2)s1. The molecule has 0 radical (unpaired) electrons. The minimum Gasteiger partial charge on any atom is -0.342 e. The van der Waals surface area contributed by atoms with Gasteiger partial charge in [0.05, 0.1) is 5.01 Å². The summed E-state index contributed by atoms with van der Waals surface area (Å²) in [7, 11) is 0. The summed E-state index contributed by atoms with van der Waals surface area (Å²) in [6, 6.07) is 0.539. The number of rotatable bonds is 5. The maximum absolute atomic E-state index is 12.6. The van der Waals surface area contributed by atoms with Crippen LogP contribution >= 0.6 is 11.3 Å². The Labute approximate surface area is 143 Å². The molecule has 1 aliphatic carbocycles. The van der Waals surface area contributed by atoms with Crippen LogP contribution in [0, 0.1) is 5.92 Å². The number of hydrogen-bond donors (Lipinski definition) is 1. The Hall–Kier alpha value is -0.940. The highest BCUT2D eigenvalue weighted by molar-refractivity contribution is 7.11. The Morgan fingerprint density at radius 3 is 2.65 bits per heavy atom. The highest BCUT2D eigenvalue weighted by atomic mass is 32.1. The van der Waals surface area contributed by atoms with Crippen molar-refractivity contribution in [2.24, 2.45) is 5.92 Å². The topological polar surface area (TPSA) is 45.2 Å². The largest absolute Gasteiger partial charge is 0.342 e. The summed E-state index contributed by atoms with van der Waals surface area (Å²) in [5, 5.41) is 4.86. The van der Waals surface area contributed by atoms with E-state index in [-0.39, 0.29) is 0 Å². The minimum absolute atomic E-state index is 0.318. The number of nitrogens with zero attached hydrogens (tertiary/aromatic N) is 2. The van der Waals surface area contributed by atoms with Crippen LogP contribution in [0.15, 0.2) is 6.20 Å². The molecule has 1 aromatic rings. The number of piperidine rings is 1. The summed E-state index contributed by atoms with van der Waals surface area (Å²) in [4.78, 5) is 20.4. The van der Waals surface area contributed by atoms with E-state index in [2.05, 4.69) is 22.1 Å². The normalized spacial score (nSPS) is 20.8. The zero-order valence-electron chi connectivity index (χ0n) is 14.2. The van der Waals surface area contributed by atoms with Crippen molar-refractivity contribution in [2.75, 3.05) is 13.1 Å². The molecule has 0 unspecified atom stereocenters. The Morgan fingerprint density at radius 1 is 1.26 bits per heavy atom. The van der Waals surface area contributed by atoms with Gasteiger partial charge in [-0.25, -0.2) is 4.98 Å². The first-order valence-corrected chi connectivity index (χ1v) is 10.0. The third-order valence-corrected chi connectivity index (χ3v) is 6.37. The van der Waals surface area contributed by atoms with Crippen molar-refractivity contribution in [3.63, 3.8) is 0 Å². The van der Waals surface area contributed by atoms with Crippen LogP contribution in [0.5, 0.6) is 0 Å². The molecule has 1 amide bonds. The van der Waals surface area contributed by atoms with Gasteiger partial charge in [-0.3, -0.25) is 4.79 Å². The maximum atomic E-state index is 12.6. The number of nitrogens with one attached hydrogen (secondary N) is 1. The first-order valence-electron chi connectivity index (χ1n) is 9.22. The van der Waals surface area contributed by atoms with Gasteiger partial charge in [0.15, 0.2) is 0 Å². The van der Waals surface area contributed by atoms with Gasteiger partial charge in [0, 0.05) is 42.7 Å². The number of aromatic nitrogens is 1. The molecule has 1 aliphatic heterocycles. The monoisotopic (exact) mass is 335 g/mol. The molecule has 1 saturated heterocycles. The number of thiazole rings is 1. The molecular weight excluding hydrogens is 306 g/mol. The average molecular weight is 336 g/mol. The molecule has 1 aromatic heterocycles. The summed E-state index contributed by atoms with van der Waals surface area (Å²) in [6.07, 6.45) is 11.2. The molecule has 128 valence electrons. The highest BCUT2D eigenvalue weighted by Crippen LogP contribution is 2.26. The minimum atomic E-state index is 0.318. The first-order chi connectivity index (χ1) is 11.3. The molecule has 23 heavy (non-hydrogen) atoms. The quantitative estimate of drug-likeness (QED) is 0.897. The highest BCUT2D eigenvalue weighted by Gasteiger charge is 2.28. The summed E-state index contributed by atoms with van der Waals surface area (Å²) < 4.78 is 0. The van der Waals surface area contributed by atoms with Crippen LogP contribution in [0.3, 0.4) is 0 Å². The summed E-state index contributed by atoms with van der Waals surface area (Å²) >= 11 is 1.81. The fraction of sp³-hybridized carbons (Fsp3) is 0.778. The lowest BCUT2D eigenvalue weighted by atomic mass is 9.87. The van der Waals surface area contributed by atoms with Gasteiger partial charge >= 0.3 is 0 Å². The first kappa shape index (κ1) is 16.9. The lowest BCUT2D eigenvalue weighted by Gasteiger charge is -2.35. The predicted molar refractivity (Wildman–Crippen MR) is 94.5 cm³/mol. The second-order valence-electron chi connectivity index (χ2n) is 6.89. The zero-order valence-corrected chi connectivity index (χ0v) is 15.0. The van der Waals surface area contributed by atoms with Crippen molar-refractivity contribution >= 4 is 17.2 Å². The van der Waals surface area contributed by atoms with Crippen molar-refractivity contribution in [1.29, 1.82) is 0 Å². The van der Waals surface area contributed by atoms with Crippen LogP contribution in [0.25, 0.3) is 0 Å². The second-order valence-corrected chi connectivity index (χ2v) is 8.09. The summed E-state index contributed by atoms with van der Waals surface area (Å²) in [6.45, 7) is 4.92. The van der Waals surface area contributed by atoms with E-state index in [0.29, 0.717) is 17.9 Å². The van der Waals surface area contributed by atoms with E-state index in [1.54, 1.807) is 0 Å². The van der Waals surface area contributed by atoms with Gasteiger partial charge in [-0.05, 0) is 32.1 Å². The number of carbonyl (C=O) groups excluding carboxylic acids is 1. The summed E-state index contributed by atoms with van der Waals surface area (Å²) in [5.41, 5.74) is 0. The van der Waals surface area contributed by atoms with Crippen LogP contribution in [0.4, 0.5) is 0 Å². The molecule has 0 aromatic carbocycles. The van der Waals surface area contributed by atoms with Crippen LogP contribution in [0.2, 0.25) is 0 Å². The molecule has 2 heterocycles. The average Bonchev–Trinajstić information content (AvgIpc) is 3.09. The molecule has 0 bridgehead atoms. The summed E-state index contributed by atoms with van der Waals surface area (Å²) in [5.74, 6) is 0.746. The standard InChI is InChI=1S/C18H29N3OS/c1-2-17-20-13-16(23-17)12-19-15-8-10-21(11-9-15)18(22)14-6-4-3-5-7-14/h13-15,19H,2-12H2,1H3. The smallest absolute Gasteiger partial charge is 0.225 e. The van der Waals surface area contributed by atoms with Crippen LogP contribution < -0.4 is 5.32 Å². The van der Waals surface area contributed by atoms with Gasteiger partial charge in [0.25, 0.3) is 0 Å². The van der Waals surface area contributed by atoms with Crippen LogP contribution in [-0.2, 0) is 17.8 Å². The van der Waals surface area contributed by atoms with Crippen LogP contribution in [-0.4, -0.2) is 34.9 Å². The van der Waals surface area contributed by atoms with E-state index in [1.165, 1.54) is 29.1 Å². The third-order valence-electron chi connectivity index (χ3n) is 5.23. The lowest BCUT2D eigenvalue weighted by molar-refractivity contribution is -0.137.